The number of aliphatic hydroxyl groups is 1. The topological polar surface area (TPSA) is 84.9 Å². The summed E-state index contributed by atoms with van der Waals surface area (Å²) in [5, 5.41) is 14.3. The summed E-state index contributed by atoms with van der Waals surface area (Å²) in [6.07, 6.45) is 4.01. The summed E-state index contributed by atoms with van der Waals surface area (Å²) in [6, 6.07) is 7.64. The molecule has 7 nitrogen and oxygen atoms in total. The summed E-state index contributed by atoms with van der Waals surface area (Å²) in [5.74, 6) is -2.37. The predicted molar refractivity (Wildman–Crippen MR) is 151 cm³/mol. The van der Waals surface area contributed by atoms with Crippen molar-refractivity contribution in [3.8, 4) is 0 Å². The zero-order valence-electron chi connectivity index (χ0n) is 24.5. The van der Waals surface area contributed by atoms with Crippen molar-refractivity contribution < 1.29 is 41.8 Å². The van der Waals surface area contributed by atoms with Gasteiger partial charge in [-0.05, 0) is 42.9 Å². The first kappa shape index (κ1) is 28.8. The van der Waals surface area contributed by atoms with Crippen LogP contribution in [0.3, 0.4) is 0 Å². The number of piperidine rings is 1. The molecule has 10 heteroatoms. The van der Waals surface area contributed by atoms with Crippen LogP contribution in [-0.2, 0) is 19.1 Å². The van der Waals surface area contributed by atoms with E-state index in [0.717, 1.165) is 67.1 Å². The van der Waals surface area contributed by atoms with E-state index in [0.29, 0.717) is 12.0 Å². The fraction of sp³-hybridized carbons (Fsp3) is 0.576. The molecular weight excluding hydrogens is 561 g/mol. The van der Waals surface area contributed by atoms with Crippen molar-refractivity contribution in [3.63, 3.8) is 0 Å². The third-order valence-corrected chi connectivity index (χ3v) is 11.0. The van der Waals surface area contributed by atoms with Crippen LogP contribution in [0, 0.1) is 17.3 Å². The second-order valence-electron chi connectivity index (χ2n) is 13.6. The number of benzene rings is 1. The van der Waals surface area contributed by atoms with Crippen molar-refractivity contribution in [2.45, 2.75) is 82.0 Å². The molecule has 1 aromatic rings. The first-order valence-electron chi connectivity index (χ1n) is 15.4. The highest BCUT2D eigenvalue weighted by Crippen LogP contribution is 2.67. The molecule has 0 aromatic heterocycles. The van der Waals surface area contributed by atoms with E-state index in [9.17, 15) is 27.9 Å². The van der Waals surface area contributed by atoms with Gasteiger partial charge in [0.25, 0.3) is 5.91 Å². The molecule has 2 heterocycles. The summed E-state index contributed by atoms with van der Waals surface area (Å²) in [7, 11) is 2.39. The van der Waals surface area contributed by atoms with E-state index in [4.69, 9.17) is 9.47 Å². The molecule has 3 unspecified atom stereocenters. The number of nitrogens with one attached hydrogen (secondary N) is 1. The average molecular weight is 600 g/mol. The summed E-state index contributed by atoms with van der Waals surface area (Å²) in [6.45, 7) is 3.15. The van der Waals surface area contributed by atoms with E-state index in [1.165, 1.54) is 49.7 Å². The molecule has 1 amide bonds. The quantitative estimate of drug-likeness (QED) is 0.162. The molecule has 2 aliphatic heterocycles. The van der Waals surface area contributed by atoms with Crippen molar-refractivity contribution >= 4 is 17.6 Å². The number of nitrogens with zero attached hydrogens (tertiary/aromatic N) is 1. The lowest BCUT2D eigenvalue weighted by Crippen LogP contribution is -2.69. The van der Waals surface area contributed by atoms with Gasteiger partial charge >= 0.3 is 12.1 Å². The van der Waals surface area contributed by atoms with Gasteiger partial charge in [-0.1, -0.05) is 42.8 Å². The minimum atomic E-state index is -5.19. The van der Waals surface area contributed by atoms with Gasteiger partial charge in [-0.15, -0.1) is 0 Å². The maximum absolute atomic E-state index is 14.5. The number of hydrogen-bond acceptors (Lipinski definition) is 5. The van der Waals surface area contributed by atoms with Gasteiger partial charge in [-0.2, -0.15) is 13.2 Å². The second kappa shape index (κ2) is 9.78. The van der Waals surface area contributed by atoms with Gasteiger partial charge < -0.3 is 24.4 Å². The van der Waals surface area contributed by atoms with Gasteiger partial charge in [0.1, 0.15) is 6.10 Å². The number of rotatable bonds is 6. The molecule has 0 radical (unpaired) electrons. The number of allylic oxidation sites excluding steroid dienone is 1. The fourth-order valence-corrected chi connectivity index (χ4v) is 9.15. The van der Waals surface area contributed by atoms with Gasteiger partial charge in [0, 0.05) is 42.6 Å². The van der Waals surface area contributed by atoms with Crippen molar-refractivity contribution in [2.75, 3.05) is 20.1 Å². The lowest BCUT2D eigenvalue weighted by atomic mass is 9.50. The molecule has 230 valence electrons. The lowest BCUT2D eigenvalue weighted by molar-refractivity contribution is -0.947. The van der Waals surface area contributed by atoms with E-state index >= 15 is 0 Å². The Morgan fingerprint density at radius 1 is 1.16 bits per heavy atom. The van der Waals surface area contributed by atoms with Crippen molar-refractivity contribution in [3.05, 3.63) is 64.8 Å². The van der Waals surface area contributed by atoms with E-state index in [2.05, 4.69) is 12.4 Å². The van der Waals surface area contributed by atoms with Gasteiger partial charge in [-0.3, -0.25) is 9.59 Å². The van der Waals surface area contributed by atoms with Crippen LogP contribution in [0.15, 0.2) is 59.2 Å². The lowest BCUT2D eigenvalue weighted by Gasteiger charge is -2.61. The number of carbonyl (C=O) groups excluding carboxylic acids is 2. The fourth-order valence-electron chi connectivity index (χ4n) is 9.15. The van der Waals surface area contributed by atoms with Gasteiger partial charge in [-0.25, -0.2) is 0 Å². The molecule has 1 aromatic carbocycles. The number of likely N-dealkylation sites (tertiary alicyclic amines) is 1. The predicted octanol–water partition coefficient (Wildman–Crippen LogP) is 4.78. The molecule has 2 bridgehead atoms. The highest BCUT2D eigenvalue weighted by atomic mass is 19.4. The Bertz CT molecular complexity index is 1450. The summed E-state index contributed by atoms with van der Waals surface area (Å²) < 4.78 is 56.3. The maximum atomic E-state index is 14.5. The van der Waals surface area contributed by atoms with E-state index in [1.807, 2.05) is 0 Å². The van der Waals surface area contributed by atoms with Crippen LogP contribution in [0.2, 0.25) is 0 Å². The summed E-state index contributed by atoms with van der Waals surface area (Å²) in [5.41, 5.74) is -2.24. The molecule has 6 aliphatic rings. The Morgan fingerprint density at radius 3 is 2.58 bits per heavy atom. The van der Waals surface area contributed by atoms with E-state index in [-0.39, 0.29) is 17.1 Å². The Balaban J connectivity index is 1.26. The highest BCUT2D eigenvalue weighted by Gasteiger charge is 2.71. The Morgan fingerprint density at radius 2 is 1.91 bits per heavy atom. The third kappa shape index (κ3) is 4.51. The second-order valence-corrected chi connectivity index (χ2v) is 13.6. The van der Waals surface area contributed by atoms with Crippen molar-refractivity contribution in [1.82, 2.24) is 5.32 Å². The van der Waals surface area contributed by atoms with Crippen LogP contribution in [0.5, 0.6) is 0 Å². The zero-order chi connectivity index (χ0) is 30.4. The first-order valence-corrected chi connectivity index (χ1v) is 15.4. The number of quaternary nitrogens is 1. The van der Waals surface area contributed by atoms with Crippen molar-refractivity contribution in [1.29, 1.82) is 0 Å². The Kier molecular flexibility index (Phi) is 6.55. The highest BCUT2D eigenvalue weighted by molar-refractivity contribution is 6.03. The molecule has 2 N–H and O–H groups in total. The molecule has 2 saturated heterocycles. The largest absolute Gasteiger partial charge is 0.425 e. The summed E-state index contributed by atoms with van der Waals surface area (Å²) >= 11 is 0. The molecule has 4 fully saturated rings. The van der Waals surface area contributed by atoms with E-state index in [1.54, 1.807) is 12.1 Å². The average Bonchev–Trinajstić information content (AvgIpc) is 3.68. The molecule has 4 aliphatic carbocycles. The molecule has 2 saturated carbocycles. The molecule has 43 heavy (non-hydrogen) atoms. The van der Waals surface area contributed by atoms with Crippen LogP contribution in [0.25, 0.3) is 5.76 Å². The molecule has 7 atom stereocenters. The van der Waals surface area contributed by atoms with E-state index < -0.39 is 41.2 Å². The number of alkyl halides is 3. The Hall–Kier alpha value is -2.95. The van der Waals surface area contributed by atoms with Gasteiger partial charge in [0.2, 0.25) is 0 Å². The zero-order valence-corrected chi connectivity index (χ0v) is 24.5. The Labute approximate surface area is 249 Å². The first-order chi connectivity index (χ1) is 20.4. The smallest absolute Gasteiger partial charge is 0.425 e. The van der Waals surface area contributed by atoms with Crippen LogP contribution >= 0.6 is 0 Å². The van der Waals surface area contributed by atoms with Crippen LogP contribution < -0.4 is 5.32 Å². The third-order valence-electron chi connectivity index (χ3n) is 11.0. The molecule has 1 spiro atoms. The number of carbonyl (C=O) groups is 2. The standard InChI is InChI=1S/C33H37F3N2O5/c1-19(39)42-28(21-7-4-3-5-8-21)27(33(34,35)36)30(40)37-32(41)14-13-22-17-24-23-9-6-10-25-31(23,26(22)29(32)43-25)15-16-38(24,2)18-20-11-12-20/h3-5,7-8,13-14,20,23-25,29,41H,6,9-12,15-18H2,1-2H3/p+1/t23-,24+,25-,29?,31+,32?,38?/m0/s1. The van der Waals surface area contributed by atoms with Gasteiger partial charge in [0.15, 0.2) is 17.1 Å². The number of ether oxygens (including phenoxy) is 2. The minimum absolute atomic E-state index is 0.0888. The number of amides is 1. The number of hydrogen-bond donors (Lipinski definition) is 2. The van der Waals surface area contributed by atoms with Gasteiger partial charge in [0.05, 0.1) is 32.3 Å². The SMILES string of the molecule is CC(=O)OC(=C(C(=O)NC1(O)C=CC2=C3C1O[C@H]1CCC[C@H]4[C@@H](C2)[N+](C)(CC2CC2)CC[C@]314)C(F)(F)F)c1ccccc1. The normalized spacial score (nSPS) is 38.3. The molecule has 7 rings (SSSR count). The number of halogens is 3. The minimum Gasteiger partial charge on any atom is -0.425 e. The van der Waals surface area contributed by atoms with Crippen molar-refractivity contribution in [2.24, 2.45) is 17.3 Å². The monoisotopic (exact) mass is 599 g/mol. The number of esters is 1. The molecular formula is C33H38F3N2O5+. The van der Waals surface area contributed by atoms with Crippen LogP contribution in [-0.4, -0.2) is 71.8 Å². The van der Waals surface area contributed by atoms with Crippen LogP contribution in [0.1, 0.15) is 57.4 Å². The summed E-state index contributed by atoms with van der Waals surface area (Å²) in [4.78, 5) is 25.4. The van der Waals surface area contributed by atoms with Crippen LogP contribution in [0.4, 0.5) is 13.2 Å². The maximum Gasteiger partial charge on any atom is 0.425 e.